The Kier molecular flexibility index (Phi) is 11.6. The number of carboxylic acid groups (broad SMARTS) is 1. The van der Waals surface area contributed by atoms with Crippen LogP contribution in [0.4, 0.5) is 0 Å². The van der Waals surface area contributed by atoms with E-state index in [0.29, 0.717) is 5.56 Å². The molecule has 11 nitrogen and oxygen atoms in total. The van der Waals surface area contributed by atoms with Crippen LogP contribution in [-0.4, -0.2) is 70.4 Å². The normalized spacial score (nSPS) is 14.3. The Hall–Kier alpha value is -2.77. The molecule has 176 valence electrons. The maximum atomic E-state index is 12.7. The number of hydrogen-bond donors (Lipinski definition) is 8. The lowest BCUT2D eigenvalue weighted by atomic mass is 10.0. The molecule has 0 saturated heterocycles. The van der Waals surface area contributed by atoms with Crippen molar-refractivity contribution in [3.63, 3.8) is 0 Å². The van der Waals surface area contributed by atoms with Crippen LogP contribution in [0.25, 0.3) is 0 Å². The van der Waals surface area contributed by atoms with Crippen molar-refractivity contribution in [2.75, 3.05) is 11.5 Å². The van der Waals surface area contributed by atoms with Crippen LogP contribution in [0.3, 0.4) is 0 Å². The Balaban J connectivity index is 2.96. The SMILES string of the molecule is NC(=O)CC(N)C(=O)NC(CS)C(=O)NC(Cc1ccccc1)C(=O)NC(CS)C(=O)O. The molecule has 13 heteroatoms. The maximum Gasteiger partial charge on any atom is 0.327 e. The molecule has 1 rings (SSSR count). The second-order valence-electron chi connectivity index (χ2n) is 6.85. The predicted octanol–water partition coefficient (Wildman–Crippen LogP) is -2.17. The van der Waals surface area contributed by atoms with Crippen LogP contribution in [0.1, 0.15) is 12.0 Å². The number of nitrogens with one attached hydrogen (secondary N) is 3. The van der Waals surface area contributed by atoms with Gasteiger partial charge in [0.15, 0.2) is 0 Å². The van der Waals surface area contributed by atoms with Gasteiger partial charge in [-0.1, -0.05) is 30.3 Å². The molecule has 0 fully saturated rings. The highest BCUT2D eigenvalue weighted by atomic mass is 32.1. The largest absolute Gasteiger partial charge is 0.480 e. The highest BCUT2D eigenvalue weighted by molar-refractivity contribution is 7.80. The van der Waals surface area contributed by atoms with Crippen molar-refractivity contribution in [3.8, 4) is 0 Å². The first-order chi connectivity index (χ1) is 15.1. The molecular weight excluding hydrogens is 458 g/mol. The van der Waals surface area contributed by atoms with Crippen LogP contribution in [0.2, 0.25) is 0 Å². The summed E-state index contributed by atoms with van der Waals surface area (Å²) >= 11 is 7.95. The minimum atomic E-state index is -1.28. The lowest BCUT2D eigenvalue weighted by Gasteiger charge is -2.24. The van der Waals surface area contributed by atoms with Crippen LogP contribution >= 0.6 is 25.3 Å². The van der Waals surface area contributed by atoms with E-state index in [9.17, 15) is 24.0 Å². The molecule has 4 atom stereocenters. The van der Waals surface area contributed by atoms with Gasteiger partial charge in [0.25, 0.3) is 0 Å². The van der Waals surface area contributed by atoms with Crippen molar-refractivity contribution >= 4 is 54.9 Å². The number of carboxylic acids is 1. The highest BCUT2D eigenvalue weighted by Crippen LogP contribution is 2.05. The standard InChI is InChI=1S/C19H27N5O6S2/c20-11(7-15(21)25)16(26)23-13(8-31)18(28)22-12(6-10-4-2-1-3-5-10)17(27)24-14(9-32)19(29)30/h1-5,11-14,31-32H,6-9,20H2,(H2,21,25)(H,22,28)(H,23,26)(H,24,27)(H,29,30). The van der Waals surface area contributed by atoms with Gasteiger partial charge in [-0.25, -0.2) is 4.79 Å². The minimum Gasteiger partial charge on any atom is -0.480 e. The van der Waals surface area contributed by atoms with Gasteiger partial charge in [-0.15, -0.1) is 0 Å². The summed E-state index contributed by atoms with van der Waals surface area (Å²) in [4.78, 5) is 59.7. The molecular formula is C19H27N5O6S2. The molecule has 0 aromatic heterocycles. The zero-order valence-electron chi connectivity index (χ0n) is 17.1. The van der Waals surface area contributed by atoms with E-state index in [1.807, 2.05) is 0 Å². The third-order valence-electron chi connectivity index (χ3n) is 4.29. The molecule has 1 aromatic carbocycles. The number of nitrogens with two attached hydrogens (primary N) is 2. The molecule has 0 heterocycles. The Morgan fingerprint density at radius 3 is 1.84 bits per heavy atom. The lowest BCUT2D eigenvalue weighted by molar-refractivity contribution is -0.141. The van der Waals surface area contributed by atoms with Crippen LogP contribution in [-0.2, 0) is 30.4 Å². The van der Waals surface area contributed by atoms with E-state index in [-0.39, 0.29) is 17.9 Å². The number of benzene rings is 1. The van der Waals surface area contributed by atoms with Crippen LogP contribution in [0.5, 0.6) is 0 Å². The monoisotopic (exact) mass is 485 g/mol. The molecule has 8 N–H and O–H groups in total. The Morgan fingerprint density at radius 1 is 0.844 bits per heavy atom. The second kappa shape index (κ2) is 13.6. The Bertz CT molecular complexity index is 826. The molecule has 0 bridgehead atoms. The summed E-state index contributed by atoms with van der Waals surface area (Å²) in [6.07, 6.45) is -0.349. The zero-order valence-corrected chi connectivity index (χ0v) is 18.9. The molecule has 0 aliphatic rings. The van der Waals surface area contributed by atoms with Crippen molar-refractivity contribution in [1.82, 2.24) is 16.0 Å². The van der Waals surface area contributed by atoms with Crippen LogP contribution < -0.4 is 27.4 Å². The minimum absolute atomic E-state index is 0.0613. The number of primary amides is 1. The number of hydrogen-bond acceptors (Lipinski definition) is 8. The van der Waals surface area contributed by atoms with Gasteiger partial charge in [0.2, 0.25) is 23.6 Å². The summed E-state index contributed by atoms with van der Waals surface area (Å²) < 4.78 is 0. The van der Waals surface area contributed by atoms with Crippen molar-refractivity contribution in [3.05, 3.63) is 35.9 Å². The second-order valence-corrected chi connectivity index (χ2v) is 7.58. The number of carbonyl (C=O) groups excluding carboxylic acids is 4. The van der Waals surface area contributed by atoms with Gasteiger partial charge in [0, 0.05) is 17.9 Å². The third kappa shape index (κ3) is 9.16. The average Bonchev–Trinajstić information content (AvgIpc) is 2.74. The number of carbonyl (C=O) groups is 5. The first-order valence-electron chi connectivity index (χ1n) is 9.52. The zero-order chi connectivity index (χ0) is 24.3. The topological polar surface area (TPSA) is 194 Å². The van der Waals surface area contributed by atoms with E-state index in [0.717, 1.165) is 0 Å². The van der Waals surface area contributed by atoms with Gasteiger partial charge in [0.05, 0.1) is 12.5 Å². The highest BCUT2D eigenvalue weighted by Gasteiger charge is 2.30. The molecule has 4 unspecified atom stereocenters. The van der Waals surface area contributed by atoms with E-state index >= 15 is 0 Å². The van der Waals surface area contributed by atoms with Crippen molar-refractivity contribution in [2.45, 2.75) is 37.0 Å². The van der Waals surface area contributed by atoms with E-state index in [4.69, 9.17) is 16.6 Å². The van der Waals surface area contributed by atoms with E-state index < -0.39 is 60.2 Å². The molecule has 0 saturated carbocycles. The van der Waals surface area contributed by atoms with Crippen LogP contribution in [0, 0.1) is 0 Å². The van der Waals surface area contributed by atoms with Crippen molar-refractivity contribution in [2.24, 2.45) is 11.5 Å². The van der Waals surface area contributed by atoms with Gasteiger partial charge in [-0.3, -0.25) is 19.2 Å². The molecule has 0 spiro atoms. The van der Waals surface area contributed by atoms with Gasteiger partial charge in [-0.2, -0.15) is 25.3 Å². The fraction of sp³-hybridized carbons (Fsp3) is 0.421. The summed E-state index contributed by atoms with van der Waals surface area (Å²) in [5, 5.41) is 16.3. The Morgan fingerprint density at radius 2 is 1.34 bits per heavy atom. The smallest absolute Gasteiger partial charge is 0.327 e. The summed E-state index contributed by atoms with van der Waals surface area (Å²) in [6, 6.07) is 3.92. The van der Waals surface area contributed by atoms with Gasteiger partial charge in [-0.05, 0) is 5.56 Å². The first kappa shape index (κ1) is 27.3. The number of rotatable bonds is 13. The fourth-order valence-electron chi connectivity index (χ4n) is 2.57. The summed E-state index contributed by atoms with van der Waals surface area (Å²) in [5.41, 5.74) is 11.3. The number of thiol groups is 2. The summed E-state index contributed by atoms with van der Waals surface area (Å²) in [5.74, 6) is -4.61. The van der Waals surface area contributed by atoms with E-state index in [1.54, 1.807) is 30.3 Å². The number of aliphatic carboxylic acids is 1. The molecule has 1 aromatic rings. The van der Waals surface area contributed by atoms with Crippen molar-refractivity contribution < 1.29 is 29.1 Å². The summed E-state index contributed by atoms with van der Waals surface area (Å²) in [7, 11) is 0. The molecule has 0 radical (unpaired) electrons. The third-order valence-corrected chi connectivity index (χ3v) is 5.02. The lowest BCUT2D eigenvalue weighted by Crippen LogP contribution is -2.58. The fourth-order valence-corrected chi connectivity index (χ4v) is 3.08. The molecule has 0 aliphatic heterocycles. The van der Waals surface area contributed by atoms with Crippen molar-refractivity contribution in [1.29, 1.82) is 0 Å². The molecule has 0 aliphatic carbocycles. The Labute approximate surface area is 195 Å². The average molecular weight is 486 g/mol. The van der Waals surface area contributed by atoms with E-state index in [1.165, 1.54) is 0 Å². The quantitative estimate of drug-likeness (QED) is 0.146. The maximum absolute atomic E-state index is 12.7. The number of amides is 4. The van der Waals surface area contributed by atoms with Gasteiger partial charge >= 0.3 is 5.97 Å². The van der Waals surface area contributed by atoms with Crippen LogP contribution in [0.15, 0.2) is 30.3 Å². The predicted molar refractivity (Wildman–Crippen MR) is 123 cm³/mol. The van der Waals surface area contributed by atoms with Gasteiger partial charge in [0.1, 0.15) is 18.1 Å². The first-order valence-corrected chi connectivity index (χ1v) is 10.8. The summed E-state index contributed by atoms with van der Waals surface area (Å²) in [6.45, 7) is 0. The molecule has 32 heavy (non-hydrogen) atoms. The van der Waals surface area contributed by atoms with Gasteiger partial charge < -0.3 is 32.5 Å². The molecule has 4 amide bonds. The van der Waals surface area contributed by atoms with E-state index in [2.05, 4.69) is 41.2 Å².